The number of nitrogens with zero attached hydrogens (tertiary/aromatic N) is 1. The second kappa shape index (κ2) is 4.18. The summed E-state index contributed by atoms with van der Waals surface area (Å²) in [6.07, 6.45) is 1.37. The summed E-state index contributed by atoms with van der Waals surface area (Å²) in [7, 11) is 0. The molecule has 1 aliphatic rings. The van der Waals surface area contributed by atoms with E-state index in [2.05, 4.69) is 0 Å². The van der Waals surface area contributed by atoms with Gasteiger partial charge in [-0.3, -0.25) is 14.5 Å². The molecule has 0 bridgehead atoms. The highest BCUT2D eigenvalue weighted by Gasteiger charge is 2.41. The van der Waals surface area contributed by atoms with E-state index in [9.17, 15) is 9.59 Å². The maximum Gasteiger partial charge on any atom is 0.234 e. The summed E-state index contributed by atoms with van der Waals surface area (Å²) < 4.78 is 0. The molecule has 2 atom stereocenters. The number of rotatable bonds is 4. The van der Waals surface area contributed by atoms with Gasteiger partial charge in [0.1, 0.15) is 0 Å². The SMILES string of the molecule is CCC(C(N)=O)N1CCC(C)(C(N)=O)C1. The van der Waals surface area contributed by atoms with Crippen LogP contribution in [0.2, 0.25) is 0 Å². The monoisotopic (exact) mass is 213 g/mol. The first-order valence-corrected chi connectivity index (χ1v) is 5.24. The molecule has 0 aromatic heterocycles. The maximum atomic E-state index is 11.2. The quantitative estimate of drug-likeness (QED) is 0.656. The molecule has 1 aliphatic heterocycles. The summed E-state index contributed by atoms with van der Waals surface area (Å²) in [4.78, 5) is 24.3. The first kappa shape index (κ1) is 12.0. The first-order chi connectivity index (χ1) is 6.90. The topological polar surface area (TPSA) is 89.4 Å². The fraction of sp³-hybridized carbons (Fsp3) is 0.800. The predicted molar refractivity (Wildman–Crippen MR) is 56.8 cm³/mol. The molecule has 0 aromatic carbocycles. The molecule has 1 rings (SSSR count). The average molecular weight is 213 g/mol. The minimum atomic E-state index is -0.511. The second-order valence-electron chi connectivity index (χ2n) is 4.47. The van der Waals surface area contributed by atoms with E-state index in [0.29, 0.717) is 25.9 Å². The molecular weight excluding hydrogens is 194 g/mol. The summed E-state index contributed by atoms with van der Waals surface area (Å²) in [5.41, 5.74) is 10.1. The van der Waals surface area contributed by atoms with Gasteiger partial charge in [0.25, 0.3) is 0 Å². The van der Waals surface area contributed by atoms with Crippen LogP contribution in [0.25, 0.3) is 0 Å². The van der Waals surface area contributed by atoms with Crippen LogP contribution >= 0.6 is 0 Å². The van der Waals surface area contributed by atoms with Gasteiger partial charge in [-0.2, -0.15) is 0 Å². The Hall–Kier alpha value is -1.10. The number of hydrogen-bond acceptors (Lipinski definition) is 3. The van der Waals surface area contributed by atoms with Gasteiger partial charge in [-0.25, -0.2) is 0 Å². The molecule has 2 unspecified atom stereocenters. The van der Waals surface area contributed by atoms with Crippen molar-refractivity contribution in [2.75, 3.05) is 13.1 Å². The van der Waals surface area contributed by atoms with E-state index in [1.165, 1.54) is 0 Å². The van der Waals surface area contributed by atoms with Gasteiger partial charge in [-0.1, -0.05) is 6.92 Å². The first-order valence-electron chi connectivity index (χ1n) is 5.24. The van der Waals surface area contributed by atoms with Crippen LogP contribution in [0.5, 0.6) is 0 Å². The number of likely N-dealkylation sites (tertiary alicyclic amines) is 1. The standard InChI is InChI=1S/C10H19N3O2/c1-3-7(8(11)14)13-5-4-10(2,6-13)9(12)15/h7H,3-6H2,1-2H3,(H2,11,14)(H2,12,15). The molecule has 1 saturated heterocycles. The van der Waals surface area contributed by atoms with Crippen molar-refractivity contribution in [2.24, 2.45) is 16.9 Å². The molecule has 5 heteroatoms. The highest BCUT2D eigenvalue weighted by molar-refractivity contribution is 5.82. The van der Waals surface area contributed by atoms with E-state index in [1.54, 1.807) is 0 Å². The molecular formula is C10H19N3O2. The van der Waals surface area contributed by atoms with Crippen LogP contribution in [0.15, 0.2) is 0 Å². The van der Waals surface area contributed by atoms with Crippen LogP contribution in [0, 0.1) is 5.41 Å². The molecule has 0 saturated carbocycles. The Morgan fingerprint density at radius 2 is 2.07 bits per heavy atom. The Kier molecular flexibility index (Phi) is 3.34. The lowest BCUT2D eigenvalue weighted by Crippen LogP contribution is -2.45. The molecule has 15 heavy (non-hydrogen) atoms. The van der Waals surface area contributed by atoms with Crippen LogP contribution < -0.4 is 11.5 Å². The van der Waals surface area contributed by atoms with Crippen LogP contribution in [0.1, 0.15) is 26.7 Å². The van der Waals surface area contributed by atoms with Crippen molar-refractivity contribution >= 4 is 11.8 Å². The van der Waals surface area contributed by atoms with Crippen molar-refractivity contribution in [3.63, 3.8) is 0 Å². The van der Waals surface area contributed by atoms with Gasteiger partial charge in [0, 0.05) is 13.1 Å². The van der Waals surface area contributed by atoms with Crippen molar-refractivity contribution in [3.05, 3.63) is 0 Å². The number of carbonyl (C=O) groups excluding carboxylic acids is 2. The van der Waals surface area contributed by atoms with Gasteiger partial charge >= 0.3 is 0 Å². The smallest absolute Gasteiger partial charge is 0.234 e. The summed E-state index contributed by atoms with van der Waals surface area (Å²) in [6, 6.07) is -0.272. The molecule has 0 aromatic rings. The predicted octanol–water partition coefficient (Wildman–Crippen LogP) is -0.552. The number of hydrogen-bond donors (Lipinski definition) is 2. The molecule has 5 nitrogen and oxygen atoms in total. The van der Waals surface area contributed by atoms with Crippen molar-refractivity contribution < 1.29 is 9.59 Å². The third-order valence-corrected chi connectivity index (χ3v) is 3.25. The number of amides is 2. The van der Waals surface area contributed by atoms with Crippen molar-refractivity contribution in [2.45, 2.75) is 32.7 Å². The largest absolute Gasteiger partial charge is 0.369 e. The maximum absolute atomic E-state index is 11.2. The lowest BCUT2D eigenvalue weighted by atomic mass is 9.89. The highest BCUT2D eigenvalue weighted by atomic mass is 16.2. The zero-order chi connectivity index (χ0) is 11.6. The minimum absolute atomic E-state index is 0.272. The Bertz CT molecular complexity index is 280. The number of nitrogens with two attached hydrogens (primary N) is 2. The van der Waals surface area contributed by atoms with Gasteiger partial charge < -0.3 is 11.5 Å². The average Bonchev–Trinajstić information content (AvgIpc) is 2.50. The van der Waals surface area contributed by atoms with Gasteiger partial charge in [0.2, 0.25) is 11.8 Å². The Morgan fingerprint density at radius 1 is 1.47 bits per heavy atom. The molecule has 0 spiro atoms. The molecule has 0 radical (unpaired) electrons. The highest BCUT2D eigenvalue weighted by Crippen LogP contribution is 2.31. The number of primary amides is 2. The van der Waals surface area contributed by atoms with Gasteiger partial charge in [-0.05, 0) is 19.8 Å². The molecule has 1 fully saturated rings. The molecule has 1 heterocycles. The minimum Gasteiger partial charge on any atom is -0.369 e. The third-order valence-electron chi connectivity index (χ3n) is 3.25. The van der Waals surface area contributed by atoms with E-state index >= 15 is 0 Å². The number of carbonyl (C=O) groups is 2. The Balaban J connectivity index is 2.70. The van der Waals surface area contributed by atoms with Crippen molar-refractivity contribution in [1.29, 1.82) is 0 Å². The lowest BCUT2D eigenvalue weighted by molar-refractivity contribution is -0.127. The zero-order valence-electron chi connectivity index (χ0n) is 9.32. The lowest BCUT2D eigenvalue weighted by Gasteiger charge is -2.26. The summed E-state index contributed by atoms with van der Waals surface area (Å²) >= 11 is 0. The Labute approximate surface area is 89.8 Å². The molecule has 4 N–H and O–H groups in total. The fourth-order valence-electron chi connectivity index (χ4n) is 2.10. The van der Waals surface area contributed by atoms with E-state index in [-0.39, 0.29) is 17.9 Å². The van der Waals surface area contributed by atoms with Crippen LogP contribution in [-0.4, -0.2) is 35.8 Å². The normalized spacial score (nSPS) is 28.9. The van der Waals surface area contributed by atoms with Crippen molar-refractivity contribution in [3.8, 4) is 0 Å². The second-order valence-corrected chi connectivity index (χ2v) is 4.47. The van der Waals surface area contributed by atoms with Crippen LogP contribution in [0.3, 0.4) is 0 Å². The molecule has 2 amide bonds. The van der Waals surface area contributed by atoms with E-state index < -0.39 is 5.41 Å². The molecule has 86 valence electrons. The van der Waals surface area contributed by atoms with Crippen molar-refractivity contribution in [1.82, 2.24) is 4.90 Å². The zero-order valence-corrected chi connectivity index (χ0v) is 9.32. The van der Waals surface area contributed by atoms with E-state index in [4.69, 9.17) is 11.5 Å². The van der Waals surface area contributed by atoms with Gasteiger partial charge in [0.05, 0.1) is 11.5 Å². The molecule has 0 aliphatic carbocycles. The Morgan fingerprint density at radius 3 is 2.40 bits per heavy atom. The summed E-state index contributed by atoms with van der Waals surface area (Å²) in [6.45, 7) is 4.99. The summed E-state index contributed by atoms with van der Waals surface area (Å²) in [5.74, 6) is -0.629. The summed E-state index contributed by atoms with van der Waals surface area (Å²) in [5, 5.41) is 0. The van der Waals surface area contributed by atoms with E-state index in [0.717, 1.165) is 0 Å². The van der Waals surface area contributed by atoms with Crippen LogP contribution in [0.4, 0.5) is 0 Å². The third kappa shape index (κ3) is 2.28. The van der Waals surface area contributed by atoms with Gasteiger partial charge in [-0.15, -0.1) is 0 Å². The van der Waals surface area contributed by atoms with E-state index in [1.807, 2.05) is 18.7 Å². The van der Waals surface area contributed by atoms with Gasteiger partial charge in [0.15, 0.2) is 0 Å². The van der Waals surface area contributed by atoms with Crippen LogP contribution in [-0.2, 0) is 9.59 Å². The fourth-order valence-corrected chi connectivity index (χ4v) is 2.10.